The number of benzene rings is 2. The molecular weight excluding hydrogens is 350 g/mol. The maximum Gasteiger partial charge on any atom is 0.243 e. The second-order valence-electron chi connectivity index (χ2n) is 7.52. The lowest BCUT2D eigenvalue weighted by atomic mass is 10.1. The van der Waals surface area contributed by atoms with E-state index < -0.39 is 6.04 Å². The Morgan fingerprint density at radius 3 is 2.68 bits per heavy atom. The van der Waals surface area contributed by atoms with E-state index in [1.807, 2.05) is 36.4 Å². The minimum atomic E-state index is -0.393. The van der Waals surface area contributed by atoms with Gasteiger partial charge in [-0.1, -0.05) is 36.4 Å². The summed E-state index contributed by atoms with van der Waals surface area (Å²) in [6, 6.07) is 17.8. The Balaban J connectivity index is 1.43. The molecule has 1 atom stereocenters. The molecule has 0 bridgehead atoms. The van der Waals surface area contributed by atoms with Crippen LogP contribution in [0.25, 0.3) is 10.9 Å². The molecule has 2 aromatic carbocycles. The average Bonchev–Trinajstić information content (AvgIpc) is 3.20. The van der Waals surface area contributed by atoms with Gasteiger partial charge in [0, 0.05) is 43.2 Å². The monoisotopic (exact) mass is 375 g/mol. The van der Waals surface area contributed by atoms with Crippen LogP contribution >= 0.6 is 0 Å². The summed E-state index contributed by atoms with van der Waals surface area (Å²) < 4.78 is 2.16. The number of nitrogens with one attached hydrogen (secondary N) is 1. The number of nitrogens with zero attached hydrogens (tertiary/aromatic N) is 2. The van der Waals surface area contributed by atoms with Crippen LogP contribution in [0.3, 0.4) is 0 Å². The fraction of sp³-hybridized carbons (Fsp3) is 0.304. The van der Waals surface area contributed by atoms with Gasteiger partial charge in [0.2, 0.25) is 11.8 Å². The van der Waals surface area contributed by atoms with Crippen LogP contribution in [-0.4, -0.2) is 27.3 Å². The quantitative estimate of drug-likeness (QED) is 0.744. The zero-order valence-electron chi connectivity index (χ0n) is 16.3. The van der Waals surface area contributed by atoms with Crippen molar-refractivity contribution in [2.75, 3.05) is 0 Å². The molecular formula is C23H25N3O2. The Hall–Kier alpha value is -3.08. The molecule has 0 saturated carbocycles. The van der Waals surface area contributed by atoms with E-state index >= 15 is 0 Å². The topological polar surface area (TPSA) is 54.3 Å². The van der Waals surface area contributed by atoms with Crippen LogP contribution in [0.5, 0.6) is 0 Å². The van der Waals surface area contributed by atoms with Gasteiger partial charge in [0.1, 0.15) is 6.04 Å². The largest absolute Gasteiger partial charge is 0.350 e. The number of hydrogen-bond donors (Lipinski definition) is 1. The van der Waals surface area contributed by atoms with Crippen LogP contribution in [-0.2, 0) is 29.7 Å². The number of likely N-dealkylation sites (tertiary alicyclic amines) is 1. The smallest absolute Gasteiger partial charge is 0.243 e. The van der Waals surface area contributed by atoms with Gasteiger partial charge in [-0.25, -0.2) is 0 Å². The first-order valence-corrected chi connectivity index (χ1v) is 9.69. The molecule has 1 fully saturated rings. The first-order chi connectivity index (χ1) is 13.5. The van der Waals surface area contributed by atoms with Crippen LogP contribution in [0.1, 0.15) is 29.7 Å². The molecule has 1 aliphatic rings. The van der Waals surface area contributed by atoms with Crippen molar-refractivity contribution < 1.29 is 9.59 Å². The summed E-state index contributed by atoms with van der Waals surface area (Å²) in [4.78, 5) is 26.8. The first kappa shape index (κ1) is 18.3. The van der Waals surface area contributed by atoms with E-state index in [0.29, 0.717) is 25.9 Å². The van der Waals surface area contributed by atoms with Gasteiger partial charge in [0.25, 0.3) is 0 Å². The molecule has 1 N–H and O–H groups in total. The number of hydrogen-bond acceptors (Lipinski definition) is 2. The highest BCUT2D eigenvalue weighted by molar-refractivity contribution is 5.91. The fourth-order valence-electron chi connectivity index (χ4n) is 3.94. The van der Waals surface area contributed by atoms with Gasteiger partial charge in [0.15, 0.2) is 0 Å². The first-order valence-electron chi connectivity index (χ1n) is 9.69. The summed E-state index contributed by atoms with van der Waals surface area (Å²) in [5, 5.41) is 4.20. The molecule has 5 heteroatoms. The standard InChI is InChI=1S/C23H25N3O2/c1-16-12-19-13-18(8-9-20(19)25(16)2)14-24-23(28)21-10-11-22(27)26(21)15-17-6-4-3-5-7-17/h3-9,12-13,21H,10-11,14-15H2,1-2H3,(H,24,28). The number of fused-ring (bicyclic) bond motifs is 1. The SMILES string of the molecule is Cc1cc2cc(CNC(=O)C3CCC(=O)N3Cc3ccccc3)ccc2n1C. The Labute approximate surface area is 165 Å². The van der Waals surface area contributed by atoms with E-state index in [-0.39, 0.29) is 11.8 Å². The molecule has 0 aliphatic carbocycles. The molecule has 1 unspecified atom stereocenters. The second-order valence-corrected chi connectivity index (χ2v) is 7.52. The maximum absolute atomic E-state index is 12.8. The number of amides is 2. The van der Waals surface area contributed by atoms with Crippen LogP contribution in [0.2, 0.25) is 0 Å². The van der Waals surface area contributed by atoms with Crippen molar-refractivity contribution in [3.8, 4) is 0 Å². The minimum absolute atomic E-state index is 0.0465. The lowest BCUT2D eigenvalue weighted by Gasteiger charge is -2.24. The van der Waals surface area contributed by atoms with Crippen molar-refractivity contribution in [3.05, 3.63) is 71.4 Å². The van der Waals surface area contributed by atoms with E-state index in [1.165, 1.54) is 16.6 Å². The average molecular weight is 375 g/mol. The normalized spacial score (nSPS) is 16.7. The van der Waals surface area contributed by atoms with Gasteiger partial charge in [-0.15, -0.1) is 0 Å². The molecule has 4 rings (SSSR count). The summed E-state index contributed by atoms with van der Waals surface area (Å²) in [5.41, 5.74) is 4.49. The van der Waals surface area contributed by atoms with Gasteiger partial charge in [-0.05, 0) is 42.7 Å². The summed E-state index contributed by atoms with van der Waals surface area (Å²) in [7, 11) is 2.05. The molecule has 1 aromatic heterocycles. The van der Waals surface area contributed by atoms with Crippen molar-refractivity contribution in [2.45, 2.75) is 38.9 Å². The van der Waals surface area contributed by atoms with E-state index in [4.69, 9.17) is 0 Å². The Morgan fingerprint density at radius 2 is 1.89 bits per heavy atom. The summed E-state index contributed by atoms with van der Waals surface area (Å²) in [6.45, 7) is 3.03. The van der Waals surface area contributed by atoms with E-state index in [9.17, 15) is 9.59 Å². The third kappa shape index (κ3) is 3.52. The number of aromatic nitrogens is 1. The zero-order chi connectivity index (χ0) is 19.7. The Kier molecular flexibility index (Phi) is 4.90. The highest BCUT2D eigenvalue weighted by Crippen LogP contribution is 2.23. The van der Waals surface area contributed by atoms with Crippen molar-refractivity contribution in [1.82, 2.24) is 14.8 Å². The second kappa shape index (κ2) is 7.50. The molecule has 2 amide bonds. The highest BCUT2D eigenvalue weighted by atomic mass is 16.2. The molecule has 3 aromatic rings. The fourth-order valence-corrected chi connectivity index (χ4v) is 3.94. The van der Waals surface area contributed by atoms with E-state index in [0.717, 1.165) is 11.1 Å². The third-order valence-electron chi connectivity index (χ3n) is 5.64. The lowest BCUT2D eigenvalue weighted by molar-refractivity contribution is -0.135. The molecule has 2 heterocycles. The number of rotatable bonds is 5. The Morgan fingerprint density at radius 1 is 1.11 bits per heavy atom. The molecule has 1 aliphatic heterocycles. The molecule has 0 spiro atoms. The number of carbonyl (C=O) groups excluding carboxylic acids is 2. The van der Waals surface area contributed by atoms with Gasteiger partial charge < -0.3 is 14.8 Å². The van der Waals surface area contributed by atoms with E-state index in [2.05, 4.69) is 42.1 Å². The molecule has 5 nitrogen and oxygen atoms in total. The van der Waals surface area contributed by atoms with Crippen LogP contribution in [0.15, 0.2) is 54.6 Å². The van der Waals surface area contributed by atoms with Gasteiger partial charge >= 0.3 is 0 Å². The van der Waals surface area contributed by atoms with Gasteiger partial charge in [0.05, 0.1) is 0 Å². The van der Waals surface area contributed by atoms with Crippen molar-refractivity contribution in [3.63, 3.8) is 0 Å². The van der Waals surface area contributed by atoms with E-state index in [1.54, 1.807) is 4.90 Å². The minimum Gasteiger partial charge on any atom is -0.350 e. The predicted molar refractivity (Wildman–Crippen MR) is 110 cm³/mol. The summed E-state index contributed by atoms with van der Waals surface area (Å²) in [6.07, 6.45) is 1.01. The van der Waals surface area contributed by atoms with Crippen LogP contribution in [0, 0.1) is 6.92 Å². The van der Waals surface area contributed by atoms with Crippen molar-refractivity contribution >= 4 is 22.7 Å². The lowest BCUT2D eigenvalue weighted by Crippen LogP contribution is -2.44. The Bertz CT molecular complexity index is 1020. The van der Waals surface area contributed by atoms with Gasteiger partial charge in [-0.2, -0.15) is 0 Å². The van der Waals surface area contributed by atoms with Crippen LogP contribution in [0.4, 0.5) is 0 Å². The summed E-state index contributed by atoms with van der Waals surface area (Å²) in [5.74, 6) is -0.0312. The van der Waals surface area contributed by atoms with Crippen LogP contribution < -0.4 is 5.32 Å². The predicted octanol–water partition coefficient (Wildman–Crippen LogP) is 3.29. The molecule has 0 radical (unpaired) electrons. The van der Waals surface area contributed by atoms with Gasteiger partial charge in [-0.3, -0.25) is 9.59 Å². The number of aryl methyl sites for hydroxylation is 2. The maximum atomic E-state index is 12.8. The molecule has 144 valence electrons. The number of carbonyl (C=O) groups is 2. The van der Waals surface area contributed by atoms with Crippen molar-refractivity contribution in [2.24, 2.45) is 7.05 Å². The zero-order valence-corrected chi connectivity index (χ0v) is 16.3. The third-order valence-corrected chi connectivity index (χ3v) is 5.64. The highest BCUT2D eigenvalue weighted by Gasteiger charge is 2.35. The molecule has 28 heavy (non-hydrogen) atoms. The molecule has 1 saturated heterocycles. The van der Waals surface area contributed by atoms with Crippen molar-refractivity contribution in [1.29, 1.82) is 0 Å². The summed E-state index contributed by atoms with van der Waals surface area (Å²) >= 11 is 0.